The summed E-state index contributed by atoms with van der Waals surface area (Å²) in [4.78, 5) is 56.4. The number of nitrogens with zero attached hydrogens (tertiary/aromatic N) is 8. The second-order valence-electron chi connectivity index (χ2n) is 22.5. The predicted molar refractivity (Wildman–Crippen MR) is 358 cm³/mol. The predicted octanol–water partition coefficient (Wildman–Crippen LogP) is 11.3. The minimum atomic E-state index is -0.351. The van der Waals surface area contributed by atoms with Crippen LogP contribution in [-0.2, 0) is 13.1 Å². The van der Waals surface area contributed by atoms with Gasteiger partial charge in [-0.05, 0) is 153 Å². The molecule has 0 aliphatic carbocycles. The highest BCUT2D eigenvalue weighted by atomic mass is 127. The van der Waals surface area contributed by atoms with E-state index in [1.54, 1.807) is 48.5 Å². The van der Waals surface area contributed by atoms with Crippen LogP contribution in [0.15, 0.2) is 84.9 Å². The molecule has 2 amide bonds. The molecule has 468 valence electrons. The number of aromatic nitrogens is 6. The Morgan fingerprint density at radius 3 is 1.84 bits per heavy atom. The van der Waals surface area contributed by atoms with Gasteiger partial charge in [-0.2, -0.15) is 29.9 Å². The second-order valence-corrected chi connectivity index (χ2v) is 24.6. The molecule has 0 spiro atoms. The molecule has 86 heavy (non-hydrogen) atoms. The largest absolute Gasteiger partial charge is 0.508 e. The molecule has 4 heterocycles. The minimum Gasteiger partial charge on any atom is -0.508 e. The average molecular weight is 1410 g/mol. The summed E-state index contributed by atoms with van der Waals surface area (Å²) in [6.45, 7) is 17.6. The summed E-state index contributed by atoms with van der Waals surface area (Å²) in [6.07, 6.45) is 6.91. The van der Waals surface area contributed by atoms with Gasteiger partial charge in [0, 0.05) is 62.8 Å². The van der Waals surface area contributed by atoms with Crippen molar-refractivity contribution < 1.29 is 38.7 Å². The fourth-order valence-electron chi connectivity index (χ4n) is 8.79. The van der Waals surface area contributed by atoms with Crippen LogP contribution in [0.1, 0.15) is 112 Å². The zero-order chi connectivity index (χ0) is 62.5. The summed E-state index contributed by atoms with van der Waals surface area (Å²) >= 11 is 4.85. The van der Waals surface area contributed by atoms with E-state index in [0.717, 1.165) is 49.2 Å². The lowest BCUT2D eigenvalue weighted by Crippen LogP contribution is -2.40. The van der Waals surface area contributed by atoms with Crippen LogP contribution < -0.4 is 50.8 Å². The lowest BCUT2D eigenvalue weighted by Gasteiger charge is -2.28. The smallest absolute Gasteiger partial charge is 0.323 e. The molecule has 0 fully saturated rings. The van der Waals surface area contributed by atoms with E-state index in [-0.39, 0.29) is 63.6 Å². The molecule has 6 bridgehead atoms. The van der Waals surface area contributed by atoms with Gasteiger partial charge in [0.15, 0.2) is 0 Å². The highest BCUT2D eigenvalue weighted by molar-refractivity contribution is 14.1. The van der Waals surface area contributed by atoms with Crippen LogP contribution in [0, 0.1) is 10.8 Å². The third kappa shape index (κ3) is 26.1. The van der Waals surface area contributed by atoms with Crippen LogP contribution >= 0.6 is 45.2 Å². The number of amides is 2. The van der Waals surface area contributed by atoms with Gasteiger partial charge in [0.1, 0.15) is 23.0 Å². The third-order valence-corrected chi connectivity index (χ3v) is 14.1. The van der Waals surface area contributed by atoms with Crippen molar-refractivity contribution in [2.75, 3.05) is 111 Å². The molecule has 24 heteroatoms. The molecule has 6 aromatic rings. The van der Waals surface area contributed by atoms with Crippen molar-refractivity contribution in [3.05, 3.63) is 107 Å². The van der Waals surface area contributed by atoms with Crippen molar-refractivity contribution in [3.63, 3.8) is 0 Å². The maximum absolute atomic E-state index is 13.3. The van der Waals surface area contributed by atoms with Crippen LogP contribution in [0.2, 0.25) is 0 Å². The Morgan fingerprint density at radius 2 is 1.23 bits per heavy atom. The molecule has 8 N–H and O–H groups in total. The van der Waals surface area contributed by atoms with Crippen molar-refractivity contribution in [3.8, 4) is 35.0 Å². The summed E-state index contributed by atoms with van der Waals surface area (Å²) in [6, 6.07) is 25.1. The van der Waals surface area contributed by atoms with E-state index in [1.165, 1.54) is 34.2 Å². The summed E-state index contributed by atoms with van der Waals surface area (Å²) in [5, 5.41) is 38.6. The number of alkyl halides is 2. The monoisotopic (exact) mass is 1410 g/mol. The number of carbonyl (C=O) groups is 2. The molecule has 2 aliphatic heterocycles. The van der Waals surface area contributed by atoms with Gasteiger partial charge in [0.05, 0.1) is 37.6 Å². The van der Waals surface area contributed by atoms with Crippen LogP contribution in [0.4, 0.5) is 35.2 Å². The van der Waals surface area contributed by atoms with Crippen molar-refractivity contribution in [1.82, 2.24) is 50.3 Å². The SMILES string of the molecule is CCOc1nc(NCc2ccc(O)cc2)nc(Nc2ccc(C(=O)NCC(C)(C)CN(C)C)c(O)c2)n1.CCOc1nc2nc(n1)Nc1ccc(C(=O)NCC(C)(C)CN(C)C)c(c1)OCCCCCOc1ccc(cc1)CN2.ICCCCCI. The van der Waals surface area contributed by atoms with E-state index in [4.69, 9.17) is 18.9 Å². The number of rotatable bonds is 23. The van der Waals surface area contributed by atoms with Gasteiger partial charge in [-0.3, -0.25) is 9.59 Å². The van der Waals surface area contributed by atoms with Gasteiger partial charge in [-0.25, -0.2) is 0 Å². The van der Waals surface area contributed by atoms with E-state index in [9.17, 15) is 19.8 Å². The van der Waals surface area contributed by atoms with Gasteiger partial charge in [0.2, 0.25) is 23.8 Å². The zero-order valence-electron chi connectivity index (χ0n) is 51.5. The summed E-state index contributed by atoms with van der Waals surface area (Å²) < 4.78 is 25.8. The Kier molecular flexibility index (Phi) is 29.6. The van der Waals surface area contributed by atoms with Crippen molar-refractivity contribution in [2.45, 2.75) is 93.2 Å². The summed E-state index contributed by atoms with van der Waals surface area (Å²) in [5.41, 5.74) is 3.58. The Hall–Kier alpha value is -6.78. The topological polar surface area (TPSA) is 268 Å². The fraction of sp³-hybridized carbons (Fsp3) is 0.484. The van der Waals surface area contributed by atoms with Gasteiger partial charge in [-0.1, -0.05) is 104 Å². The van der Waals surface area contributed by atoms with E-state index in [1.807, 2.05) is 72.4 Å². The normalized spacial score (nSPS) is 12.5. The second kappa shape index (κ2) is 36.4. The number of anilines is 6. The molecule has 22 nitrogen and oxygen atoms in total. The molecule has 0 saturated heterocycles. The standard InChI is InChI=1S/C31H43N7O4.C26H35N7O4.C5H10I2/c1-6-40-30-36-28-32-19-22-10-13-24(14-11-22)41-16-8-7-9-17-42-26-18-23(34-29(35-28)37-30)12-15-25(26)27(39)33-20-31(2,3)21-38(4)5;1-6-37-25-31-23(27-14-17-7-10-19(34)11-8-17)30-24(32-25)29-18-9-12-20(21(35)13-18)22(36)28-15-26(2,3)16-33(4)5;6-4-2-1-3-5-7/h10-15,18H,6-9,16-17,19-21H2,1-5H3,(H,33,39)(H2,32,34,35,36,37);7-13,34-35H,6,14-16H2,1-5H3,(H,28,36)(H2,27,29,30,31,32);1-5H2. The number of halogens is 2. The van der Waals surface area contributed by atoms with Gasteiger partial charge >= 0.3 is 12.0 Å². The number of unbranched alkanes of at least 4 members (excludes halogenated alkanes) is 2. The number of carbonyl (C=O) groups excluding carboxylic acids is 2. The summed E-state index contributed by atoms with van der Waals surface area (Å²) in [7, 11) is 8.03. The number of phenolic OH excluding ortho intramolecular Hbond substituents is 2. The van der Waals surface area contributed by atoms with Crippen LogP contribution in [0.3, 0.4) is 0 Å². The molecule has 8 rings (SSSR count). The summed E-state index contributed by atoms with van der Waals surface area (Å²) in [5.74, 6) is 1.98. The van der Waals surface area contributed by atoms with Crippen LogP contribution in [0.5, 0.6) is 35.0 Å². The van der Waals surface area contributed by atoms with Crippen molar-refractivity contribution in [2.24, 2.45) is 10.8 Å². The molecule has 0 unspecified atom stereocenters. The first-order chi connectivity index (χ1) is 41.2. The number of ether oxygens (including phenoxy) is 4. The van der Waals surface area contributed by atoms with Gasteiger partial charge in [0.25, 0.3) is 11.8 Å². The highest BCUT2D eigenvalue weighted by Crippen LogP contribution is 2.29. The molecule has 0 atom stereocenters. The van der Waals surface area contributed by atoms with E-state index in [2.05, 4.69) is 144 Å². The van der Waals surface area contributed by atoms with Crippen LogP contribution in [0.25, 0.3) is 0 Å². The first-order valence-corrected chi connectivity index (χ1v) is 32.1. The number of aromatic hydroxyl groups is 2. The first-order valence-electron chi connectivity index (χ1n) is 29.0. The van der Waals surface area contributed by atoms with Crippen molar-refractivity contribution >= 4 is 92.2 Å². The lowest BCUT2D eigenvalue weighted by molar-refractivity contribution is 0.0918. The number of fused-ring (bicyclic) bond motifs is 9. The number of phenols is 2. The number of benzene rings is 4. The zero-order valence-corrected chi connectivity index (χ0v) is 55.8. The van der Waals surface area contributed by atoms with Crippen molar-refractivity contribution in [1.29, 1.82) is 0 Å². The van der Waals surface area contributed by atoms with E-state index in [0.29, 0.717) is 87.2 Å². The maximum Gasteiger partial charge on any atom is 0.323 e. The molecule has 0 radical (unpaired) electrons. The fourth-order valence-corrected chi connectivity index (χ4v) is 9.87. The molecule has 2 aromatic heterocycles. The van der Waals surface area contributed by atoms with E-state index < -0.39 is 0 Å². The quantitative estimate of drug-likeness (QED) is 0.0168. The molecule has 0 saturated carbocycles. The number of hydrogen-bond donors (Lipinski definition) is 8. The number of nitrogens with one attached hydrogen (secondary N) is 6. The van der Waals surface area contributed by atoms with E-state index >= 15 is 0 Å². The highest BCUT2D eigenvalue weighted by Gasteiger charge is 2.24. The number of hydrogen-bond acceptors (Lipinski definition) is 20. The van der Waals surface area contributed by atoms with Gasteiger partial charge < -0.3 is 70.9 Å². The molecular weight excluding hydrogens is 1320 g/mol. The molecule has 2 aliphatic rings. The van der Waals surface area contributed by atoms with Gasteiger partial charge in [-0.15, -0.1) is 0 Å². The Labute approximate surface area is 534 Å². The first kappa shape index (κ1) is 70.0. The lowest BCUT2D eigenvalue weighted by atomic mass is 9.93. The minimum absolute atomic E-state index is 0.0885. The van der Waals surface area contributed by atoms with Crippen LogP contribution in [-0.4, -0.2) is 151 Å². The average Bonchev–Trinajstić information content (AvgIpc) is 3.61. The Morgan fingerprint density at radius 1 is 0.651 bits per heavy atom. The molecule has 4 aromatic carbocycles. The maximum atomic E-state index is 13.3. The Balaban J connectivity index is 0.000000284. The Bertz CT molecular complexity index is 3010. The third-order valence-electron chi connectivity index (χ3n) is 12.5. The molecular formula is C62H88I2N14O8.